The number of nitrogens with zero attached hydrogens (tertiary/aromatic N) is 3. The van der Waals surface area contributed by atoms with E-state index in [1.165, 1.54) is 5.56 Å². The first kappa shape index (κ1) is 18.2. The number of ether oxygens (including phenoxy) is 1. The molecule has 0 amide bonds. The van der Waals surface area contributed by atoms with E-state index in [-0.39, 0.29) is 0 Å². The Hall–Kier alpha value is -2.57. The fourth-order valence-electron chi connectivity index (χ4n) is 2.27. The van der Waals surface area contributed by atoms with Gasteiger partial charge in [-0.3, -0.25) is 0 Å². The second kappa shape index (κ2) is 8.69. The predicted molar refractivity (Wildman–Crippen MR) is 105 cm³/mol. The number of rotatable bonds is 7. The molecule has 0 saturated heterocycles. The van der Waals surface area contributed by atoms with Crippen molar-refractivity contribution in [2.24, 2.45) is 0 Å². The van der Waals surface area contributed by atoms with Gasteiger partial charge in [-0.1, -0.05) is 35.3 Å². The maximum atomic E-state index is 6.01. The molecular formula is C18H17Cl2N5O. The molecule has 8 heteroatoms. The third kappa shape index (κ3) is 4.97. The summed E-state index contributed by atoms with van der Waals surface area (Å²) in [4.78, 5) is 4.39. The monoisotopic (exact) mass is 389 g/mol. The number of hydrogen-bond acceptors (Lipinski definition) is 6. The molecule has 0 unspecified atom stereocenters. The molecule has 0 fully saturated rings. The van der Waals surface area contributed by atoms with E-state index in [0.29, 0.717) is 21.8 Å². The summed E-state index contributed by atoms with van der Waals surface area (Å²) in [5.74, 6) is 1.86. The van der Waals surface area contributed by atoms with Crippen molar-refractivity contribution in [1.29, 1.82) is 0 Å². The van der Waals surface area contributed by atoms with Gasteiger partial charge in [0.15, 0.2) is 5.82 Å². The molecule has 0 bridgehead atoms. The third-order valence-electron chi connectivity index (χ3n) is 3.61. The zero-order valence-electron chi connectivity index (χ0n) is 14.0. The number of halogens is 2. The average molecular weight is 390 g/mol. The van der Waals surface area contributed by atoms with Crippen LogP contribution in [-0.2, 0) is 6.42 Å². The van der Waals surface area contributed by atoms with Gasteiger partial charge in [0.1, 0.15) is 5.75 Å². The smallest absolute Gasteiger partial charge is 0.249 e. The van der Waals surface area contributed by atoms with Crippen molar-refractivity contribution in [2.45, 2.75) is 6.42 Å². The van der Waals surface area contributed by atoms with Crippen LogP contribution in [-0.4, -0.2) is 28.8 Å². The highest BCUT2D eigenvalue weighted by atomic mass is 35.5. The molecule has 0 spiro atoms. The van der Waals surface area contributed by atoms with E-state index < -0.39 is 0 Å². The molecule has 0 aliphatic carbocycles. The van der Waals surface area contributed by atoms with Crippen molar-refractivity contribution < 1.29 is 4.74 Å². The Kier molecular flexibility index (Phi) is 6.09. The van der Waals surface area contributed by atoms with E-state index in [2.05, 4.69) is 25.8 Å². The highest BCUT2D eigenvalue weighted by molar-refractivity contribution is 6.42. The molecule has 0 atom stereocenters. The van der Waals surface area contributed by atoms with E-state index in [0.717, 1.165) is 24.4 Å². The minimum atomic E-state index is 0.373. The van der Waals surface area contributed by atoms with Crippen LogP contribution >= 0.6 is 23.2 Å². The minimum Gasteiger partial charge on any atom is -0.497 e. The minimum absolute atomic E-state index is 0.373. The number of anilines is 3. The number of benzene rings is 2. The molecule has 1 heterocycles. The second-order valence-corrected chi connectivity index (χ2v) is 6.26. The summed E-state index contributed by atoms with van der Waals surface area (Å²) in [5, 5.41) is 15.2. The largest absolute Gasteiger partial charge is 0.497 e. The molecule has 1 aromatic heterocycles. The first-order chi connectivity index (χ1) is 12.6. The van der Waals surface area contributed by atoms with E-state index in [9.17, 15) is 0 Å². The summed E-state index contributed by atoms with van der Waals surface area (Å²) >= 11 is 11.9. The summed E-state index contributed by atoms with van der Waals surface area (Å²) in [5.41, 5.74) is 1.94. The number of hydrogen-bond donors (Lipinski definition) is 2. The molecular weight excluding hydrogens is 373 g/mol. The van der Waals surface area contributed by atoms with E-state index in [1.807, 2.05) is 24.3 Å². The van der Waals surface area contributed by atoms with Gasteiger partial charge in [-0.15, -0.1) is 5.10 Å². The Balaban J connectivity index is 1.57. The van der Waals surface area contributed by atoms with Gasteiger partial charge in [0, 0.05) is 12.2 Å². The van der Waals surface area contributed by atoms with Crippen LogP contribution in [0.3, 0.4) is 0 Å². The first-order valence-corrected chi connectivity index (χ1v) is 8.68. The van der Waals surface area contributed by atoms with E-state index in [4.69, 9.17) is 27.9 Å². The van der Waals surface area contributed by atoms with Crippen LogP contribution in [0.4, 0.5) is 17.5 Å². The van der Waals surface area contributed by atoms with Gasteiger partial charge in [0.2, 0.25) is 5.95 Å². The van der Waals surface area contributed by atoms with Gasteiger partial charge in [-0.25, -0.2) is 0 Å². The van der Waals surface area contributed by atoms with Crippen LogP contribution in [0.2, 0.25) is 10.0 Å². The molecule has 0 aliphatic rings. The van der Waals surface area contributed by atoms with Gasteiger partial charge >= 0.3 is 0 Å². The molecule has 26 heavy (non-hydrogen) atoms. The van der Waals surface area contributed by atoms with Crippen LogP contribution in [0.1, 0.15) is 5.56 Å². The molecule has 2 aromatic carbocycles. The summed E-state index contributed by atoms with van der Waals surface area (Å²) in [6.45, 7) is 0.719. The molecule has 134 valence electrons. The summed E-state index contributed by atoms with van der Waals surface area (Å²) in [6.07, 6.45) is 2.43. The number of nitrogens with one attached hydrogen (secondary N) is 2. The highest BCUT2D eigenvalue weighted by Gasteiger charge is 2.04. The van der Waals surface area contributed by atoms with Gasteiger partial charge in [-0.05, 0) is 42.3 Å². The zero-order chi connectivity index (χ0) is 18.4. The van der Waals surface area contributed by atoms with Crippen LogP contribution < -0.4 is 15.4 Å². The van der Waals surface area contributed by atoms with Crippen molar-refractivity contribution in [3.63, 3.8) is 0 Å². The highest BCUT2D eigenvalue weighted by Crippen LogP contribution is 2.26. The Morgan fingerprint density at radius 3 is 2.58 bits per heavy atom. The molecule has 0 aliphatic heterocycles. The fourth-order valence-corrected chi connectivity index (χ4v) is 2.57. The van der Waals surface area contributed by atoms with Crippen LogP contribution in [0.5, 0.6) is 5.75 Å². The van der Waals surface area contributed by atoms with E-state index >= 15 is 0 Å². The van der Waals surface area contributed by atoms with Crippen LogP contribution in [0.25, 0.3) is 0 Å². The molecule has 0 saturated carbocycles. The summed E-state index contributed by atoms with van der Waals surface area (Å²) < 4.78 is 5.16. The number of methoxy groups -OCH3 is 1. The van der Waals surface area contributed by atoms with E-state index in [1.54, 1.807) is 31.5 Å². The Morgan fingerprint density at radius 2 is 1.85 bits per heavy atom. The lowest BCUT2D eigenvalue weighted by Gasteiger charge is -2.08. The molecule has 6 nitrogen and oxygen atoms in total. The lowest BCUT2D eigenvalue weighted by Crippen LogP contribution is -2.08. The lowest BCUT2D eigenvalue weighted by molar-refractivity contribution is 0.414. The summed E-state index contributed by atoms with van der Waals surface area (Å²) in [7, 11) is 1.66. The van der Waals surface area contributed by atoms with Gasteiger partial charge in [-0.2, -0.15) is 10.1 Å². The van der Waals surface area contributed by atoms with Gasteiger partial charge in [0.25, 0.3) is 0 Å². The van der Waals surface area contributed by atoms with Crippen LogP contribution in [0, 0.1) is 0 Å². The van der Waals surface area contributed by atoms with Crippen molar-refractivity contribution in [1.82, 2.24) is 15.2 Å². The Bertz CT molecular complexity index is 874. The fraction of sp³-hybridized carbons (Fsp3) is 0.167. The van der Waals surface area contributed by atoms with Crippen molar-refractivity contribution >= 4 is 40.7 Å². The molecule has 3 rings (SSSR count). The normalized spacial score (nSPS) is 10.4. The molecule has 0 radical (unpaired) electrons. The maximum Gasteiger partial charge on any atom is 0.249 e. The first-order valence-electron chi connectivity index (χ1n) is 7.92. The maximum absolute atomic E-state index is 6.01. The van der Waals surface area contributed by atoms with Crippen molar-refractivity contribution in [2.75, 3.05) is 24.3 Å². The molecule has 2 N–H and O–H groups in total. The standard InChI is InChI=1S/C18H17Cl2N5O/c1-26-14-5-2-12(3-6-14)8-9-21-17-11-22-25-18(24-17)23-13-4-7-15(19)16(20)10-13/h2-7,10-11H,8-9H2,1H3,(H2,21,23,24,25). The van der Waals surface area contributed by atoms with Crippen LogP contribution in [0.15, 0.2) is 48.7 Å². The SMILES string of the molecule is COc1ccc(CCNc2cnnc(Nc3ccc(Cl)c(Cl)c3)n2)cc1. The molecule has 3 aromatic rings. The quantitative estimate of drug-likeness (QED) is 0.615. The summed E-state index contributed by atoms with van der Waals surface area (Å²) in [6, 6.07) is 13.2. The number of aromatic nitrogens is 3. The third-order valence-corrected chi connectivity index (χ3v) is 4.35. The van der Waals surface area contributed by atoms with Gasteiger partial charge in [0.05, 0.1) is 23.4 Å². The average Bonchev–Trinajstić information content (AvgIpc) is 2.66. The Morgan fingerprint density at radius 1 is 1.04 bits per heavy atom. The van der Waals surface area contributed by atoms with Gasteiger partial charge < -0.3 is 15.4 Å². The second-order valence-electron chi connectivity index (χ2n) is 5.44. The lowest BCUT2D eigenvalue weighted by atomic mass is 10.1. The topological polar surface area (TPSA) is 72.0 Å². The zero-order valence-corrected chi connectivity index (χ0v) is 15.6. The van der Waals surface area contributed by atoms with Crippen molar-refractivity contribution in [3.05, 3.63) is 64.3 Å². The van der Waals surface area contributed by atoms with Crippen molar-refractivity contribution in [3.8, 4) is 5.75 Å². The predicted octanol–water partition coefficient (Wildman–Crippen LogP) is 4.59. The Labute approximate surface area is 161 Å².